The Kier molecular flexibility index (Phi) is 4.78. The Hall–Kier alpha value is -1.65. The highest BCUT2D eigenvalue weighted by atomic mass is 79.9. The number of benzene rings is 2. The number of hydrogen-bond acceptors (Lipinski definition) is 1. The molecule has 4 rings (SSSR count). The van der Waals surface area contributed by atoms with Crippen LogP contribution in [-0.2, 0) is 23.2 Å². The zero-order valence-corrected chi connectivity index (χ0v) is 16.1. The zero-order chi connectivity index (χ0) is 16.8. The first-order valence-corrected chi connectivity index (χ1v) is 8.73. The van der Waals surface area contributed by atoms with Gasteiger partial charge in [-0.2, -0.15) is 0 Å². The summed E-state index contributed by atoms with van der Waals surface area (Å²) in [6.45, 7) is 1.89. The lowest BCUT2D eigenvalue weighted by atomic mass is 9.63. The van der Waals surface area contributed by atoms with E-state index < -0.39 is 11.4 Å². The van der Waals surface area contributed by atoms with E-state index in [1.165, 1.54) is 11.1 Å². The van der Waals surface area contributed by atoms with Gasteiger partial charge in [0.1, 0.15) is 12.0 Å². The minimum atomic E-state index is -0.687. The number of hydrogen-bond donors (Lipinski definition) is 1. The molecule has 2 aromatic rings. The number of nitrogens with zero attached hydrogens (tertiary/aromatic N) is 1. The van der Waals surface area contributed by atoms with Gasteiger partial charge in [0.15, 0.2) is 0 Å². The summed E-state index contributed by atoms with van der Waals surface area (Å²) >= 11 is 0. The molecule has 1 heterocycles. The molecule has 0 saturated carbocycles. The number of rotatable bonds is 3. The van der Waals surface area contributed by atoms with Gasteiger partial charge in [0.25, 0.3) is 0 Å². The van der Waals surface area contributed by atoms with E-state index in [2.05, 4.69) is 37.4 Å². The molecule has 1 aliphatic heterocycles. The van der Waals surface area contributed by atoms with E-state index in [1.807, 2.05) is 24.3 Å². The van der Waals surface area contributed by atoms with Crippen molar-refractivity contribution in [2.45, 2.75) is 37.3 Å². The average molecular weight is 402 g/mol. The summed E-state index contributed by atoms with van der Waals surface area (Å²) in [7, 11) is 2.30. The Morgan fingerprint density at radius 2 is 1.84 bits per heavy atom. The maximum atomic E-state index is 12.2. The van der Waals surface area contributed by atoms with Gasteiger partial charge in [0.05, 0.1) is 19.6 Å². The quantitative estimate of drug-likeness (QED) is 0.754. The third-order valence-electron chi connectivity index (χ3n) is 6.30. The van der Waals surface area contributed by atoms with Crippen molar-refractivity contribution in [3.05, 3.63) is 71.3 Å². The molecule has 0 aromatic heterocycles. The summed E-state index contributed by atoms with van der Waals surface area (Å²) in [5.74, 6) is -0.648. The summed E-state index contributed by atoms with van der Waals surface area (Å²) in [5.41, 5.74) is 2.93. The Balaban J connectivity index is 0.00000182. The first-order valence-electron chi connectivity index (χ1n) is 8.73. The van der Waals surface area contributed by atoms with Gasteiger partial charge in [-0.15, -0.1) is 0 Å². The van der Waals surface area contributed by atoms with Gasteiger partial charge in [-0.25, -0.2) is 0 Å². The predicted octanol–water partition coefficient (Wildman–Crippen LogP) is 0.378. The fourth-order valence-electron chi connectivity index (χ4n) is 4.83. The molecule has 3 atom stereocenters. The minimum absolute atomic E-state index is 0. The van der Waals surface area contributed by atoms with Crippen LogP contribution in [0.1, 0.15) is 29.5 Å². The van der Waals surface area contributed by atoms with Crippen LogP contribution in [0, 0.1) is 0 Å². The Morgan fingerprint density at radius 3 is 2.56 bits per heavy atom. The number of piperidine rings is 1. The molecule has 2 aliphatic rings. The van der Waals surface area contributed by atoms with Gasteiger partial charge in [-0.05, 0) is 11.1 Å². The van der Waals surface area contributed by atoms with E-state index in [1.54, 1.807) is 0 Å². The topological polar surface area (TPSA) is 37.3 Å². The molecule has 25 heavy (non-hydrogen) atoms. The molecular weight excluding hydrogens is 378 g/mol. The van der Waals surface area contributed by atoms with Crippen LogP contribution in [0.2, 0.25) is 0 Å². The Morgan fingerprint density at radius 1 is 1.16 bits per heavy atom. The maximum absolute atomic E-state index is 12.2. The van der Waals surface area contributed by atoms with E-state index in [0.29, 0.717) is 6.04 Å². The van der Waals surface area contributed by atoms with Crippen LogP contribution >= 0.6 is 0 Å². The lowest BCUT2D eigenvalue weighted by Crippen LogP contribution is -3.00. The second kappa shape index (κ2) is 6.58. The van der Waals surface area contributed by atoms with Crippen molar-refractivity contribution in [1.29, 1.82) is 0 Å². The number of carbonyl (C=O) groups is 1. The molecule has 1 aliphatic carbocycles. The molecule has 0 radical (unpaired) electrons. The van der Waals surface area contributed by atoms with Crippen LogP contribution in [0.25, 0.3) is 0 Å². The number of aliphatic carboxylic acids is 1. The number of fused-ring (bicyclic) bond motifs is 4. The molecule has 2 aromatic carbocycles. The fourth-order valence-corrected chi connectivity index (χ4v) is 4.83. The van der Waals surface area contributed by atoms with Crippen LogP contribution in [0.3, 0.4) is 0 Å². The smallest absolute Gasteiger partial charge is 0.314 e. The molecule has 132 valence electrons. The van der Waals surface area contributed by atoms with Crippen molar-refractivity contribution < 1.29 is 31.4 Å². The van der Waals surface area contributed by atoms with Gasteiger partial charge < -0.3 is 26.6 Å². The predicted molar refractivity (Wildman–Crippen MR) is 93.7 cm³/mol. The monoisotopic (exact) mass is 401 g/mol. The van der Waals surface area contributed by atoms with Crippen LogP contribution in [-0.4, -0.2) is 35.2 Å². The molecule has 1 fully saturated rings. The Bertz CT molecular complexity index is 778. The maximum Gasteiger partial charge on any atom is 0.314 e. The lowest BCUT2D eigenvalue weighted by molar-refractivity contribution is -0.952. The molecule has 1 N–H and O–H groups in total. The SMILES string of the molecule is C[N+]1(Cc2ccccc2)CCC2(C(=O)O)CC1Cc1ccccc12.[Br-]. The first kappa shape index (κ1) is 18.2. The van der Waals surface area contributed by atoms with Crippen molar-refractivity contribution in [2.75, 3.05) is 13.6 Å². The van der Waals surface area contributed by atoms with Crippen LogP contribution in [0.15, 0.2) is 54.6 Å². The Labute approximate surface area is 159 Å². The summed E-state index contributed by atoms with van der Waals surface area (Å²) in [4.78, 5) is 12.2. The van der Waals surface area contributed by atoms with E-state index in [-0.39, 0.29) is 17.0 Å². The van der Waals surface area contributed by atoms with Gasteiger partial charge in [-0.3, -0.25) is 4.79 Å². The van der Waals surface area contributed by atoms with Crippen molar-refractivity contribution in [1.82, 2.24) is 0 Å². The standard InChI is InChI=1S/C21H23NO2.BrH/c1-22(15-16-7-3-2-4-8-16)12-11-21(20(23)24)14-18(22)13-17-9-5-6-10-19(17)21;/h2-10,18H,11-15H2,1H3;1H. The second-order valence-corrected chi connectivity index (χ2v) is 7.70. The molecule has 0 amide bonds. The number of likely N-dealkylation sites (N-methyl/N-ethyl adjacent to an activating group) is 1. The average Bonchev–Trinajstić information content (AvgIpc) is 2.59. The number of carboxylic acids is 1. The van der Waals surface area contributed by atoms with Crippen molar-refractivity contribution in [3.8, 4) is 0 Å². The van der Waals surface area contributed by atoms with Crippen LogP contribution in [0.5, 0.6) is 0 Å². The summed E-state index contributed by atoms with van der Waals surface area (Å²) < 4.78 is 0.938. The third-order valence-corrected chi connectivity index (χ3v) is 6.30. The first-order chi connectivity index (χ1) is 11.5. The van der Waals surface area contributed by atoms with E-state index in [4.69, 9.17) is 0 Å². The second-order valence-electron chi connectivity index (χ2n) is 7.70. The summed E-state index contributed by atoms with van der Waals surface area (Å²) in [5, 5.41) is 10.0. The van der Waals surface area contributed by atoms with Crippen molar-refractivity contribution in [3.63, 3.8) is 0 Å². The number of carboxylic acid groups (broad SMARTS) is 1. The van der Waals surface area contributed by atoms with Gasteiger partial charge in [0.2, 0.25) is 0 Å². The molecule has 4 heteroatoms. The molecule has 1 saturated heterocycles. The fraction of sp³-hybridized carbons (Fsp3) is 0.381. The molecule has 3 nitrogen and oxygen atoms in total. The highest BCUT2D eigenvalue weighted by molar-refractivity contribution is 5.82. The van der Waals surface area contributed by atoms with Crippen LogP contribution in [0.4, 0.5) is 0 Å². The molecular formula is C21H24BrNO2. The number of halogens is 1. The van der Waals surface area contributed by atoms with Crippen LogP contribution < -0.4 is 17.0 Å². The van der Waals surface area contributed by atoms with E-state index >= 15 is 0 Å². The van der Waals surface area contributed by atoms with Gasteiger partial charge in [0, 0.05) is 24.8 Å². The van der Waals surface area contributed by atoms with Gasteiger partial charge in [-0.1, -0.05) is 54.6 Å². The largest absolute Gasteiger partial charge is 1.00 e. The summed E-state index contributed by atoms with van der Waals surface area (Å²) in [6, 6.07) is 19.1. The van der Waals surface area contributed by atoms with E-state index in [9.17, 15) is 9.90 Å². The van der Waals surface area contributed by atoms with E-state index in [0.717, 1.165) is 42.4 Å². The van der Waals surface area contributed by atoms with Crippen molar-refractivity contribution >= 4 is 5.97 Å². The number of likely N-dealkylation sites (tertiary alicyclic amines) is 1. The highest BCUT2D eigenvalue weighted by Crippen LogP contribution is 2.47. The molecule has 0 spiro atoms. The minimum Gasteiger partial charge on any atom is -1.00 e. The highest BCUT2D eigenvalue weighted by Gasteiger charge is 2.55. The zero-order valence-electron chi connectivity index (χ0n) is 14.5. The normalized spacial score (nSPS) is 30.0. The van der Waals surface area contributed by atoms with Crippen molar-refractivity contribution in [2.24, 2.45) is 0 Å². The van der Waals surface area contributed by atoms with Gasteiger partial charge >= 0.3 is 5.97 Å². The summed E-state index contributed by atoms with van der Waals surface area (Å²) in [6.07, 6.45) is 2.45. The third kappa shape index (κ3) is 2.91. The lowest BCUT2D eigenvalue weighted by Gasteiger charge is -2.53. The molecule has 3 unspecified atom stereocenters. The molecule has 2 bridgehead atoms. The number of quaternary nitrogens is 1.